The number of nitrogens with zero attached hydrogens (tertiary/aromatic N) is 3. The number of rotatable bonds is 4. The van der Waals surface area contributed by atoms with Crippen molar-refractivity contribution in [1.29, 1.82) is 0 Å². The number of fused-ring (bicyclic) bond motifs is 1. The highest BCUT2D eigenvalue weighted by Crippen LogP contribution is 2.24. The summed E-state index contributed by atoms with van der Waals surface area (Å²) in [7, 11) is 2.03. The molecule has 4 nitrogen and oxygen atoms in total. The van der Waals surface area contributed by atoms with E-state index < -0.39 is 0 Å². The SMILES string of the molecule is CN(Cc1nc(N)c2ccsc2n1)Cc1ccc(Cl)s1. The van der Waals surface area contributed by atoms with Crippen molar-refractivity contribution >= 4 is 50.3 Å². The number of nitrogens with two attached hydrogens (primary N) is 1. The molecule has 0 spiro atoms. The molecule has 0 amide bonds. The molecule has 2 N–H and O–H groups in total. The predicted octanol–water partition coefficient (Wildman–Crippen LogP) is 3.62. The quantitative estimate of drug-likeness (QED) is 0.796. The number of anilines is 1. The molecule has 0 aliphatic rings. The molecule has 3 aromatic heterocycles. The first-order chi connectivity index (χ1) is 9.61. The Kier molecular flexibility index (Phi) is 3.89. The highest BCUT2D eigenvalue weighted by atomic mass is 35.5. The van der Waals surface area contributed by atoms with Crippen molar-refractivity contribution in [2.75, 3.05) is 12.8 Å². The van der Waals surface area contributed by atoms with Crippen molar-refractivity contribution in [3.05, 3.63) is 38.6 Å². The largest absolute Gasteiger partial charge is 0.383 e. The molecule has 20 heavy (non-hydrogen) atoms. The lowest BCUT2D eigenvalue weighted by atomic mass is 10.3. The van der Waals surface area contributed by atoms with Crippen molar-refractivity contribution in [3.8, 4) is 0 Å². The van der Waals surface area contributed by atoms with Gasteiger partial charge in [-0.2, -0.15) is 0 Å². The molecule has 3 aromatic rings. The maximum Gasteiger partial charge on any atom is 0.146 e. The Hall–Kier alpha value is -1.21. The van der Waals surface area contributed by atoms with Gasteiger partial charge in [-0.15, -0.1) is 22.7 Å². The fourth-order valence-electron chi connectivity index (χ4n) is 2.00. The minimum absolute atomic E-state index is 0.554. The van der Waals surface area contributed by atoms with Crippen LogP contribution in [0.4, 0.5) is 5.82 Å². The molecular formula is C13H13ClN4S2. The maximum atomic E-state index is 5.95. The molecule has 0 unspecified atom stereocenters. The van der Waals surface area contributed by atoms with E-state index in [0.29, 0.717) is 12.4 Å². The van der Waals surface area contributed by atoms with Crippen LogP contribution in [0.15, 0.2) is 23.6 Å². The molecule has 0 bridgehead atoms. The van der Waals surface area contributed by atoms with Gasteiger partial charge in [0, 0.05) is 11.4 Å². The second-order valence-electron chi connectivity index (χ2n) is 4.54. The summed E-state index contributed by atoms with van der Waals surface area (Å²) in [5.74, 6) is 1.31. The third-order valence-corrected chi connectivity index (χ3v) is 4.89. The van der Waals surface area contributed by atoms with Gasteiger partial charge >= 0.3 is 0 Å². The molecule has 0 aliphatic carbocycles. The third-order valence-electron chi connectivity index (χ3n) is 2.87. The Labute approximate surface area is 129 Å². The molecule has 0 aliphatic heterocycles. The Morgan fingerprint density at radius 1 is 1.25 bits per heavy atom. The number of thiophene rings is 2. The summed E-state index contributed by atoms with van der Waals surface area (Å²) in [6.07, 6.45) is 0. The van der Waals surface area contributed by atoms with Gasteiger partial charge in [0.2, 0.25) is 0 Å². The van der Waals surface area contributed by atoms with Crippen LogP contribution < -0.4 is 5.73 Å². The van der Waals surface area contributed by atoms with Gasteiger partial charge in [0.1, 0.15) is 16.5 Å². The summed E-state index contributed by atoms with van der Waals surface area (Å²) in [6, 6.07) is 5.92. The van der Waals surface area contributed by atoms with Gasteiger partial charge in [-0.05, 0) is 30.6 Å². The van der Waals surface area contributed by atoms with Gasteiger partial charge in [0.25, 0.3) is 0 Å². The average molecular weight is 325 g/mol. The first kappa shape index (κ1) is 13.8. The predicted molar refractivity (Wildman–Crippen MR) is 86.3 cm³/mol. The van der Waals surface area contributed by atoms with Crippen molar-refractivity contribution in [3.63, 3.8) is 0 Å². The monoisotopic (exact) mass is 324 g/mol. The summed E-state index contributed by atoms with van der Waals surface area (Å²) in [5.41, 5.74) is 5.95. The fourth-order valence-corrected chi connectivity index (χ4v) is 3.95. The molecule has 0 fully saturated rings. The smallest absolute Gasteiger partial charge is 0.146 e. The van der Waals surface area contributed by atoms with Crippen molar-refractivity contribution in [1.82, 2.24) is 14.9 Å². The Bertz CT molecular complexity index is 737. The second-order valence-corrected chi connectivity index (χ2v) is 7.24. The summed E-state index contributed by atoms with van der Waals surface area (Å²) >= 11 is 9.12. The molecule has 0 aromatic carbocycles. The molecule has 3 heterocycles. The van der Waals surface area contributed by atoms with Crippen LogP contribution in [0.5, 0.6) is 0 Å². The number of halogens is 1. The highest BCUT2D eigenvalue weighted by molar-refractivity contribution is 7.16. The van der Waals surface area contributed by atoms with E-state index in [1.165, 1.54) is 4.88 Å². The zero-order valence-electron chi connectivity index (χ0n) is 10.8. The molecular weight excluding hydrogens is 312 g/mol. The van der Waals surface area contributed by atoms with E-state index in [4.69, 9.17) is 17.3 Å². The van der Waals surface area contributed by atoms with E-state index in [-0.39, 0.29) is 0 Å². The summed E-state index contributed by atoms with van der Waals surface area (Å²) in [6.45, 7) is 1.48. The number of hydrogen-bond donors (Lipinski definition) is 1. The average Bonchev–Trinajstić information content (AvgIpc) is 2.98. The molecule has 104 valence electrons. The van der Waals surface area contributed by atoms with Crippen molar-refractivity contribution in [2.24, 2.45) is 0 Å². The van der Waals surface area contributed by atoms with Crippen LogP contribution >= 0.6 is 34.3 Å². The summed E-state index contributed by atoms with van der Waals surface area (Å²) < 4.78 is 0.814. The topological polar surface area (TPSA) is 55.0 Å². The van der Waals surface area contributed by atoms with Gasteiger partial charge in [0.05, 0.1) is 16.3 Å². The van der Waals surface area contributed by atoms with E-state index in [0.717, 1.165) is 26.9 Å². The van der Waals surface area contributed by atoms with E-state index in [2.05, 4.69) is 14.9 Å². The third kappa shape index (κ3) is 2.93. The van der Waals surface area contributed by atoms with Gasteiger partial charge < -0.3 is 5.73 Å². The van der Waals surface area contributed by atoms with Gasteiger partial charge in [0.15, 0.2) is 0 Å². The molecule has 0 radical (unpaired) electrons. The summed E-state index contributed by atoms with van der Waals surface area (Å²) in [4.78, 5) is 13.2. The summed E-state index contributed by atoms with van der Waals surface area (Å²) in [5, 5.41) is 2.92. The molecule has 0 saturated heterocycles. The van der Waals surface area contributed by atoms with Gasteiger partial charge in [-0.1, -0.05) is 11.6 Å². The molecule has 0 saturated carbocycles. The van der Waals surface area contributed by atoms with E-state index >= 15 is 0 Å². The number of aromatic nitrogens is 2. The first-order valence-corrected chi connectivity index (χ1v) is 8.11. The van der Waals surface area contributed by atoms with Crippen molar-refractivity contribution in [2.45, 2.75) is 13.1 Å². The van der Waals surface area contributed by atoms with Crippen LogP contribution in [-0.4, -0.2) is 21.9 Å². The Morgan fingerprint density at radius 3 is 2.85 bits per heavy atom. The molecule has 3 rings (SSSR count). The lowest BCUT2D eigenvalue weighted by Crippen LogP contribution is -2.18. The Balaban J connectivity index is 1.75. The standard InChI is InChI=1S/C13H13ClN4S2/c1-18(6-8-2-3-10(14)20-8)7-11-16-12(15)9-4-5-19-13(9)17-11/h2-5H,6-7H2,1H3,(H2,15,16,17). The van der Waals surface area contributed by atoms with E-state index in [9.17, 15) is 0 Å². The van der Waals surface area contributed by atoms with E-state index in [1.54, 1.807) is 22.7 Å². The molecule has 7 heteroatoms. The van der Waals surface area contributed by atoms with Crippen LogP contribution in [0.25, 0.3) is 10.2 Å². The number of nitrogen functional groups attached to an aromatic ring is 1. The maximum absolute atomic E-state index is 5.95. The second kappa shape index (κ2) is 5.65. The van der Waals surface area contributed by atoms with Gasteiger partial charge in [-0.25, -0.2) is 9.97 Å². The Morgan fingerprint density at radius 2 is 2.10 bits per heavy atom. The minimum atomic E-state index is 0.554. The van der Waals surface area contributed by atoms with Gasteiger partial charge in [-0.3, -0.25) is 4.90 Å². The van der Waals surface area contributed by atoms with Crippen LogP contribution in [-0.2, 0) is 13.1 Å². The van der Waals surface area contributed by atoms with Crippen LogP contribution in [0.1, 0.15) is 10.7 Å². The zero-order chi connectivity index (χ0) is 14.1. The minimum Gasteiger partial charge on any atom is -0.383 e. The normalized spacial score (nSPS) is 11.6. The van der Waals surface area contributed by atoms with Crippen LogP contribution in [0, 0.1) is 0 Å². The lowest BCUT2D eigenvalue weighted by Gasteiger charge is -2.14. The first-order valence-electron chi connectivity index (χ1n) is 6.04. The van der Waals surface area contributed by atoms with Crippen LogP contribution in [0.2, 0.25) is 4.34 Å². The number of hydrogen-bond acceptors (Lipinski definition) is 6. The van der Waals surface area contributed by atoms with E-state index in [1.807, 2.05) is 30.6 Å². The lowest BCUT2D eigenvalue weighted by molar-refractivity contribution is 0.314. The highest BCUT2D eigenvalue weighted by Gasteiger charge is 2.09. The van der Waals surface area contributed by atoms with Crippen molar-refractivity contribution < 1.29 is 0 Å². The zero-order valence-corrected chi connectivity index (χ0v) is 13.2. The fraction of sp³-hybridized carbons (Fsp3) is 0.231. The molecule has 0 atom stereocenters. The van der Waals surface area contributed by atoms with Crippen LogP contribution in [0.3, 0.4) is 0 Å².